The van der Waals surface area contributed by atoms with Gasteiger partial charge in [-0.15, -0.1) is 0 Å². The second kappa shape index (κ2) is 5.53. The SMILES string of the molecule is Cc1cc(C)c(C(=O)N2CCC(C(N)=O)CC2)cc1N. The predicted molar refractivity (Wildman–Crippen MR) is 78.2 cm³/mol. The molecule has 2 amide bonds. The lowest BCUT2D eigenvalue weighted by atomic mass is 9.95. The summed E-state index contributed by atoms with van der Waals surface area (Å²) < 4.78 is 0. The van der Waals surface area contributed by atoms with E-state index >= 15 is 0 Å². The molecule has 1 aromatic carbocycles. The van der Waals surface area contributed by atoms with Gasteiger partial charge in [-0.05, 0) is 43.9 Å². The lowest BCUT2D eigenvalue weighted by Gasteiger charge is -2.31. The van der Waals surface area contributed by atoms with Crippen molar-refractivity contribution >= 4 is 17.5 Å². The van der Waals surface area contributed by atoms with Crippen LogP contribution in [0.3, 0.4) is 0 Å². The molecule has 0 saturated carbocycles. The number of hydrogen-bond donors (Lipinski definition) is 2. The molecule has 1 aliphatic rings. The summed E-state index contributed by atoms with van der Waals surface area (Å²) in [7, 11) is 0. The number of amides is 2. The van der Waals surface area contributed by atoms with Gasteiger partial charge in [0.2, 0.25) is 5.91 Å². The van der Waals surface area contributed by atoms with Crippen LogP contribution < -0.4 is 11.5 Å². The summed E-state index contributed by atoms with van der Waals surface area (Å²) in [6.45, 7) is 4.98. The Kier molecular flexibility index (Phi) is 3.97. The molecule has 20 heavy (non-hydrogen) atoms. The average molecular weight is 275 g/mol. The van der Waals surface area contributed by atoms with E-state index in [-0.39, 0.29) is 17.7 Å². The smallest absolute Gasteiger partial charge is 0.254 e. The number of anilines is 1. The number of carbonyl (C=O) groups excluding carboxylic acids is 2. The first-order valence-corrected chi connectivity index (χ1v) is 6.85. The normalized spacial score (nSPS) is 16.2. The molecule has 0 spiro atoms. The van der Waals surface area contributed by atoms with Crippen LogP contribution in [0.5, 0.6) is 0 Å². The fourth-order valence-corrected chi connectivity index (χ4v) is 2.64. The topological polar surface area (TPSA) is 89.4 Å². The molecule has 5 nitrogen and oxygen atoms in total. The molecule has 1 fully saturated rings. The van der Waals surface area contributed by atoms with Gasteiger partial charge in [0.25, 0.3) is 5.91 Å². The summed E-state index contributed by atoms with van der Waals surface area (Å²) in [5.74, 6) is -0.395. The van der Waals surface area contributed by atoms with Crippen molar-refractivity contribution in [3.05, 3.63) is 28.8 Å². The first-order valence-electron chi connectivity index (χ1n) is 6.85. The molecule has 0 radical (unpaired) electrons. The van der Waals surface area contributed by atoms with E-state index in [2.05, 4.69) is 0 Å². The van der Waals surface area contributed by atoms with Crippen molar-refractivity contribution in [1.29, 1.82) is 0 Å². The number of piperidine rings is 1. The maximum atomic E-state index is 12.5. The molecule has 2 rings (SSSR count). The van der Waals surface area contributed by atoms with Gasteiger partial charge in [-0.1, -0.05) is 6.07 Å². The van der Waals surface area contributed by atoms with Crippen LogP contribution in [0.25, 0.3) is 0 Å². The summed E-state index contributed by atoms with van der Waals surface area (Å²) in [6.07, 6.45) is 1.28. The number of benzene rings is 1. The molecule has 108 valence electrons. The van der Waals surface area contributed by atoms with Gasteiger partial charge >= 0.3 is 0 Å². The number of nitrogen functional groups attached to an aromatic ring is 1. The highest BCUT2D eigenvalue weighted by Gasteiger charge is 2.27. The number of primary amides is 1. The monoisotopic (exact) mass is 275 g/mol. The van der Waals surface area contributed by atoms with Crippen molar-refractivity contribution in [3.63, 3.8) is 0 Å². The van der Waals surface area contributed by atoms with Gasteiger partial charge in [-0.2, -0.15) is 0 Å². The van der Waals surface area contributed by atoms with Crippen molar-refractivity contribution < 1.29 is 9.59 Å². The predicted octanol–water partition coefficient (Wildman–Crippen LogP) is 1.22. The van der Waals surface area contributed by atoms with Crippen LogP contribution in [0.15, 0.2) is 12.1 Å². The third-order valence-corrected chi connectivity index (χ3v) is 4.03. The van der Waals surface area contributed by atoms with E-state index in [1.165, 1.54) is 0 Å². The maximum absolute atomic E-state index is 12.5. The fraction of sp³-hybridized carbons (Fsp3) is 0.467. The van der Waals surface area contributed by atoms with Crippen LogP contribution in [0.4, 0.5) is 5.69 Å². The lowest BCUT2D eigenvalue weighted by Crippen LogP contribution is -2.42. The first kappa shape index (κ1) is 14.4. The zero-order valence-corrected chi connectivity index (χ0v) is 12.0. The van der Waals surface area contributed by atoms with Crippen LogP contribution in [0.2, 0.25) is 0 Å². The highest BCUT2D eigenvalue weighted by Crippen LogP contribution is 2.23. The molecule has 0 bridgehead atoms. The number of hydrogen-bond acceptors (Lipinski definition) is 3. The molecule has 1 aliphatic heterocycles. The van der Waals surface area contributed by atoms with Crippen LogP contribution in [-0.2, 0) is 4.79 Å². The minimum absolute atomic E-state index is 0.0166. The Balaban J connectivity index is 2.13. The number of aryl methyl sites for hydroxylation is 2. The fourth-order valence-electron chi connectivity index (χ4n) is 2.64. The van der Waals surface area contributed by atoms with E-state index in [4.69, 9.17) is 11.5 Å². The molecule has 4 N–H and O–H groups in total. The molecular formula is C15H21N3O2. The van der Waals surface area contributed by atoms with Gasteiger partial charge in [0, 0.05) is 30.3 Å². The van der Waals surface area contributed by atoms with E-state index in [0.29, 0.717) is 37.2 Å². The zero-order valence-electron chi connectivity index (χ0n) is 12.0. The number of rotatable bonds is 2. The second-order valence-electron chi connectivity index (χ2n) is 5.49. The van der Waals surface area contributed by atoms with E-state index in [1.807, 2.05) is 19.9 Å². The third kappa shape index (κ3) is 2.76. The lowest BCUT2D eigenvalue weighted by molar-refractivity contribution is -0.123. The Bertz CT molecular complexity index is 546. The highest BCUT2D eigenvalue weighted by molar-refractivity contribution is 5.97. The highest BCUT2D eigenvalue weighted by atomic mass is 16.2. The minimum Gasteiger partial charge on any atom is -0.398 e. The number of carbonyl (C=O) groups is 2. The summed E-state index contributed by atoms with van der Waals surface area (Å²) in [5.41, 5.74) is 14.4. The molecule has 0 aliphatic carbocycles. The summed E-state index contributed by atoms with van der Waals surface area (Å²) in [5, 5.41) is 0. The number of likely N-dealkylation sites (tertiary alicyclic amines) is 1. The molecule has 0 aromatic heterocycles. The average Bonchev–Trinajstić information content (AvgIpc) is 2.42. The summed E-state index contributed by atoms with van der Waals surface area (Å²) in [4.78, 5) is 25.4. The Morgan fingerprint density at radius 1 is 1.15 bits per heavy atom. The van der Waals surface area contributed by atoms with Gasteiger partial charge in [-0.3, -0.25) is 9.59 Å². The van der Waals surface area contributed by atoms with E-state index in [9.17, 15) is 9.59 Å². The zero-order chi connectivity index (χ0) is 14.9. The third-order valence-electron chi connectivity index (χ3n) is 4.03. The minimum atomic E-state index is -0.271. The van der Waals surface area contributed by atoms with Crippen molar-refractivity contribution in [1.82, 2.24) is 4.90 Å². The molecule has 0 atom stereocenters. The molecular weight excluding hydrogens is 254 g/mol. The number of nitrogens with zero attached hydrogens (tertiary/aromatic N) is 1. The Labute approximate surface area is 118 Å². The van der Waals surface area contributed by atoms with Crippen LogP contribution in [0, 0.1) is 19.8 Å². The molecule has 0 unspecified atom stereocenters. The van der Waals surface area contributed by atoms with Crippen molar-refractivity contribution in [2.75, 3.05) is 18.8 Å². The maximum Gasteiger partial charge on any atom is 0.254 e. The van der Waals surface area contributed by atoms with E-state index < -0.39 is 0 Å². The Hall–Kier alpha value is -2.04. The Morgan fingerprint density at radius 3 is 2.30 bits per heavy atom. The van der Waals surface area contributed by atoms with Gasteiger partial charge in [-0.25, -0.2) is 0 Å². The summed E-state index contributed by atoms with van der Waals surface area (Å²) in [6, 6.07) is 3.67. The van der Waals surface area contributed by atoms with Crippen molar-refractivity contribution in [2.45, 2.75) is 26.7 Å². The van der Waals surface area contributed by atoms with E-state index in [1.54, 1.807) is 11.0 Å². The van der Waals surface area contributed by atoms with Crippen molar-refractivity contribution in [3.8, 4) is 0 Å². The molecule has 1 aromatic rings. The molecule has 5 heteroatoms. The molecule has 1 saturated heterocycles. The number of nitrogens with two attached hydrogens (primary N) is 2. The van der Waals surface area contributed by atoms with Gasteiger partial charge in [0.05, 0.1) is 0 Å². The van der Waals surface area contributed by atoms with Gasteiger partial charge < -0.3 is 16.4 Å². The van der Waals surface area contributed by atoms with Crippen LogP contribution >= 0.6 is 0 Å². The van der Waals surface area contributed by atoms with Gasteiger partial charge in [0.1, 0.15) is 0 Å². The standard InChI is InChI=1S/C15H21N3O2/c1-9-7-10(2)13(16)8-12(9)15(20)18-5-3-11(4-6-18)14(17)19/h7-8,11H,3-6,16H2,1-2H3,(H2,17,19). The molecule has 1 heterocycles. The van der Waals surface area contributed by atoms with Crippen molar-refractivity contribution in [2.24, 2.45) is 11.7 Å². The van der Waals surface area contributed by atoms with Gasteiger partial charge in [0.15, 0.2) is 0 Å². The quantitative estimate of drug-likeness (QED) is 0.795. The van der Waals surface area contributed by atoms with Crippen LogP contribution in [0.1, 0.15) is 34.3 Å². The second-order valence-corrected chi connectivity index (χ2v) is 5.49. The van der Waals surface area contributed by atoms with E-state index in [0.717, 1.165) is 11.1 Å². The van der Waals surface area contributed by atoms with Crippen LogP contribution in [-0.4, -0.2) is 29.8 Å². The largest absolute Gasteiger partial charge is 0.398 e. The Morgan fingerprint density at radius 2 is 1.75 bits per heavy atom. The first-order chi connectivity index (χ1) is 9.40. The summed E-state index contributed by atoms with van der Waals surface area (Å²) >= 11 is 0.